The first-order chi connectivity index (χ1) is 8.57. The maximum Gasteiger partial charge on any atom is 0.151 e. The number of hydrogen-bond donors (Lipinski definition) is 1. The van der Waals surface area contributed by atoms with Gasteiger partial charge in [0.05, 0.1) is 11.5 Å². The van der Waals surface area contributed by atoms with E-state index in [0.29, 0.717) is 17.5 Å². The lowest BCUT2D eigenvalue weighted by Gasteiger charge is -2.26. The van der Waals surface area contributed by atoms with Crippen LogP contribution in [0, 0.1) is 0 Å². The zero-order chi connectivity index (χ0) is 13.0. The molecule has 1 N–H and O–H groups in total. The van der Waals surface area contributed by atoms with E-state index in [2.05, 4.69) is 17.3 Å². The zero-order valence-electron chi connectivity index (χ0n) is 11.4. The topological polar surface area (TPSA) is 49.4 Å². The van der Waals surface area contributed by atoms with E-state index in [1.807, 2.05) is 0 Å². The van der Waals surface area contributed by atoms with Crippen LogP contribution in [0.15, 0.2) is 0 Å². The molecule has 2 saturated heterocycles. The van der Waals surface area contributed by atoms with Crippen LogP contribution >= 0.6 is 0 Å². The summed E-state index contributed by atoms with van der Waals surface area (Å²) in [6.45, 7) is 2.19. The molecule has 2 rings (SSSR count). The molecular formula is C13H26N2O2S. The van der Waals surface area contributed by atoms with Gasteiger partial charge in [-0.2, -0.15) is 0 Å². The maximum absolute atomic E-state index is 11.4. The molecule has 0 radical (unpaired) electrons. The van der Waals surface area contributed by atoms with Gasteiger partial charge < -0.3 is 10.2 Å². The largest absolute Gasteiger partial charge is 0.314 e. The van der Waals surface area contributed by atoms with Crippen molar-refractivity contribution in [3.05, 3.63) is 0 Å². The highest BCUT2D eigenvalue weighted by molar-refractivity contribution is 7.91. The Morgan fingerprint density at radius 2 is 2.11 bits per heavy atom. The molecule has 18 heavy (non-hydrogen) atoms. The van der Waals surface area contributed by atoms with E-state index in [1.165, 1.54) is 38.6 Å². The van der Waals surface area contributed by atoms with Crippen LogP contribution in [0.3, 0.4) is 0 Å². The van der Waals surface area contributed by atoms with Crippen LogP contribution in [0.5, 0.6) is 0 Å². The molecule has 2 atom stereocenters. The first-order valence-corrected chi connectivity index (χ1v) is 9.03. The number of sulfone groups is 1. The van der Waals surface area contributed by atoms with Crippen molar-refractivity contribution in [3.8, 4) is 0 Å². The fourth-order valence-corrected chi connectivity index (χ4v) is 4.87. The number of rotatable bonds is 5. The number of nitrogens with zero attached hydrogens (tertiary/aromatic N) is 1. The number of piperidine rings is 1. The predicted molar refractivity (Wildman–Crippen MR) is 74.6 cm³/mol. The van der Waals surface area contributed by atoms with E-state index in [9.17, 15) is 8.42 Å². The van der Waals surface area contributed by atoms with Crippen LogP contribution in [0.4, 0.5) is 0 Å². The Kier molecular flexibility index (Phi) is 5.04. The van der Waals surface area contributed by atoms with Gasteiger partial charge >= 0.3 is 0 Å². The monoisotopic (exact) mass is 274 g/mol. The Bertz CT molecular complexity index is 350. The summed E-state index contributed by atoms with van der Waals surface area (Å²) in [7, 11) is -0.671. The van der Waals surface area contributed by atoms with Crippen molar-refractivity contribution in [1.82, 2.24) is 10.2 Å². The normalized spacial score (nSPS) is 31.9. The van der Waals surface area contributed by atoms with Crippen molar-refractivity contribution in [2.24, 2.45) is 0 Å². The molecule has 0 bridgehead atoms. The third kappa shape index (κ3) is 4.21. The second-order valence-corrected chi connectivity index (χ2v) is 8.06. The molecule has 106 valence electrons. The smallest absolute Gasteiger partial charge is 0.151 e. The minimum atomic E-state index is -2.74. The summed E-state index contributed by atoms with van der Waals surface area (Å²) in [6.07, 6.45) is 7.20. The van der Waals surface area contributed by atoms with E-state index < -0.39 is 9.84 Å². The van der Waals surface area contributed by atoms with E-state index in [0.717, 1.165) is 13.0 Å². The van der Waals surface area contributed by atoms with Crippen LogP contribution in [0.2, 0.25) is 0 Å². The summed E-state index contributed by atoms with van der Waals surface area (Å²) in [5.74, 6) is 0.747. The van der Waals surface area contributed by atoms with E-state index in [1.54, 1.807) is 0 Å². The van der Waals surface area contributed by atoms with E-state index in [-0.39, 0.29) is 6.04 Å². The van der Waals surface area contributed by atoms with Crippen LogP contribution < -0.4 is 5.32 Å². The third-order valence-corrected chi connectivity index (χ3v) is 6.06. The van der Waals surface area contributed by atoms with Gasteiger partial charge in [0.1, 0.15) is 0 Å². The van der Waals surface area contributed by atoms with Gasteiger partial charge in [-0.05, 0) is 52.2 Å². The molecule has 2 heterocycles. The summed E-state index contributed by atoms with van der Waals surface area (Å²) in [5.41, 5.74) is 0. The third-order valence-electron chi connectivity index (χ3n) is 4.31. The van der Waals surface area contributed by atoms with Crippen molar-refractivity contribution in [2.45, 2.75) is 50.6 Å². The van der Waals surface area contributed by atoms with Gasteiger partial charge in [0.15, 0.2) is 9.84 Å². The van der Waals surface area contributed by atoms with Gasteiger partial charge in [0, 0.05) is 12.1 Å². The second kappa shape index (κ2) is 6.35. The Balaban J connectivity index is 1.64. The summed E-state index contributed by atoms with van der Waals surface area (Å²) < 4.78 is 22.9. The molecule has 2 fully saturated rings. The molecule has 0 spiro atoms. The Morgan fingerprint density at radius 1 is 1.28 bits per heavy atom. The number of nitrogens with one attached hydrogen (secondary N) is 1. The van der Waals surface area contributed by atoms with Crippen LogP contribution in [0.1, 0.15) is 38.5 Å². The summed E-state index contributed by atoms with van der Waals surface area (Å²) in [6, 6.07) is 0.953. The van der Waals surface area contributed by atoms with Crippen molar-refractivity contribution >= 4 is 9.84 Å². The molecular weight excluding hydrogens is 248 g/mol. The standard InChI is InChI=1S/C13H26N2O2S/c1-15(13-7-10-18(16,17)11-13)9-4-6-12-5-2-3-8-14-12/h12-14H,2-11H2,1H3. The lowest BCUT2D eigenvalue weighted by molar-refractivity contribution is 0.248. The fourth-order valence-electron chi connectivity index (χ4n) is 3.06. The quantitative estimate of drug-likeness (QED) is 0.813. The first-order valence-electron chi connectivity index (χ1n) is 7.21. The predicted octanol–water partition coefficient (Wildman–Crippen LogP) is 1.03. The Morgan fingerprint density at radius 3 is 2.72 bits per heavy atom. The minimum Gasteiger partial charge on any atom is -0.314 e. The van der Waals surface area contributed by atoms with Gasteiger partial charge in [-0.3, -0.25) is 0 Å². The van der Waals surface area contributed by atoms with Gasteiger partial charge in [-0.1, -0.05) is 6.42 Å². The highest BCUT2D eigenvalue weighted by Gasteiger charge is 2.30. The van der Waals surface area contributed by atoms with Crippen molar-refractivity contribution < 1.29 is 8.42 Å². The van der Waals surface area contributed by atoms with Crippen LogP contribution in [-0.4, -0.2) is 57.0 Å². The van der Waals surface area contributed by atoms with Crippen molar-refractivity contribution in [1.29, 1.82) is 0 Å². The molecule has 0 aromatic rings. The maximum atomic E-state index is 11.4. The molecule has 0 aliphatic carbocycles. The van der Waals surface area contributed by atoms with E-state index in [4.69, 9.17) is 0 Å². The lowest BCUT2D eigenvalue weighted by Crippen LogP contribution is -2.36. The molecule has 0 saturated carbocycles. The highest BCUT2D eigenvalue weighted by atomic mass is 32.2. The molecule has 2 aliphatic rings. The Hall–Kier alpha value is -0.130. The molecule has 0 amide bonds. The lowest BCUT2D eigenvalue weighted by atomic mass is 10.0. The molecule has 2 unspecified atom stereocenters. The molecule has 0 aromatic carbocycles. The molecule has 4 nitrogen and oxygen atoms in total. The Labute approximate surface area is 111 Å². The minimum absolute atomic E-state index is 0.259. The highest BCUT2D eigenvalue weighted by Crippen LogP contribution is 2.18. The van der Waals surface area contributed by atoms with Gasteiger partial charge in [0.25, 0.3) is 0 Å². The SMILES string of the molecule is CN(CCCC1CCCCN1)C1CCS(=O)(=O)C1. The summed E-state index contributed by atoms with van der Waals surface area (Å²) in [4.78, 5) is 2.24. The zero-order valence-corrected chi connectivity index (χ0v) is 12.2. The van der Waals surface area contributed by atoms with Gasteiger partial charge in [0.2, 0.25) is 0 Å². The van der Waals surface area contributed by atoms with Crippen LogP contribution in [0.25, 0.3) is 0 Å². The molecule has 0 aromatic heterocycles. The van der Waals surface area contributed by atoms with Crippen LogP contribution in [-0.2, 0) is 9.84 Å². The molecule has 5 heteroatoms. The summed E-state index contributed by atoms with van der Waals surface area (Å²) >= 11 is 0. The van der Waals surface area contributed by atoms with Crippen molar-refractivity contribution in [3.63, 3.8) is 0 Å². The van der Waals surface area contributed by atoms with Gasteiger partial charge in [-0.15, -0.1) is 0 Å². The fraction of sp³-hybridized carbons (Fsp3) is 1.00. The van der Waals surface area contributed by atoms with E-state index >= 15 is 0 Å². The molecule has 2 aliphatic heterocycles. The average molecular weight is 274 g/mol. The average Bonchev–Trinajstić information content (AvgIpc) is 2.71. The number of hydrogen-bond acceptors (Lipinski definition) is 4. The second-order valence-electron chi connectivity index (χ2n) is 5.83. The summed E-state index contributed by atoms with van der Waals surface area (Å²) in [5, 5.41) is 3.56. The van der Waals surface area contributed by atoms with Crippen molar-refractivity contribution in [2.75, 3.05) is 31.6 Å². The first kappa shape index (κ1) is 14.3. The van der Waals surface area contributed by atoms with Gasteiger partial charge in [-0.25, -0.2) is 8.42 Å².